The lowest BCUT2D eigenvalue weighted by Gasteiger charge is -2.14. The largest absolute Gasteiger partial charge is 0.493 e. The van der Waals surface area contributed by atoms with E-state index in [-0.39, 0.29) is 6.04 Å². The van der Waals surface area contributed by atoms with Crippen LogP contribution >= 0.6 is 0 Å². The second-order valence-corrected chi connectivity index (χ2v) is 6.34. The second-order valence-electron chi connectivity index (χ2n) is 6.34. The number of ether oxygens (including phenoxy) is 2. The Morgan fingerprint density at radius 1 is 1.30 bits per heavy atom. The number of nitrogens with zero attached hydrogens (tertiary/aromatic N) is 1. The van der Waals surface area contributed by atoms with Gasteiger partial charge in [-0.25, -0.2) is 4.99 Å². The molecule has 0 saturated carbocycles. The SMILES string of the molecule is COCC(C)NC(N)=NCc1ccc(C)cc1OCCC(C)C. The summed E-state index contributed by atoms with van der Waals surface area (Å²) in [6.45, 7) is 10.2. The lowest BCUT2D eigenvalue weighted by Crippen LogP contribution is -2.40. The molecule has 0 heterocycles. The van der Waals surface area contributed by atoms with E-state index >= 15 is 0 Å². The first-order chi connectivity index (χ1) is 10.9. The van der Waals surface area contributed by atoms with Crippen LogP contribution in [0.2, 0.25) is 0 Å². The zero-order valence-corrected chi connectivity index (χ0v) is 15.1. The van der Waals surface area contributed by atoms with Crippen molar-refractivity contribution in [2.24, 2.45) is 16.6 Å². The molecule has 1 aromatic carbocycles. The fourth-order valence-corrected chi connectivity index (χ4v) is 2.09. The Kier molecular flexibility index (Phi) is 8.48. The Hall–Kier alpha value is -1.75. The van der Waals surface area contributed by atoms with Crippen LogP contribution in [0.15, 0.2) is 23.2 Å². The van der Waals surface area contributed by atoms with Crippen LogP contribution in [0.3, 0.4) is 0 Å². The lowest BCUT2D eigenvalue weighted by atomic mass is 10.1. The Bertz CT molecular complexity index is 501. The summed E-state index contributed by atoms with van der Waals surface area (Å²) >= 11 is 0. The van der Waals surface area contributed by atoms with Crippen molar-refractivity contribution in [2.45, 2.75) is 46.7 Å². The van der Waals surface area contributed by atoms with Gasteiger partial charge in [-0.05, 0) is 37.8 Å². The molecular formula is C18H31N3O2. The van der Waals surface area contributed by atoms with Crippen molar-refractivity contribution in [1.82, 2.24) is 5.32 Å². The van der Waals surface area contributed by atoms with Gasteiger partial charge in [0.25, 0.3) is 0 Å². The Labute approximate surface area is 140 Å². The van der Waals surface area contributed by atoms with Gasteiger partial charge in [-0.15, -0.1) is 0 Å². The monoisotopic (exact) mass is 321 g/mol. The summed E-state index contributed by atoms with van der Waals surface area (Å²) in [5.74, 6) is 1.94. The van der Waals surface area contributed by atoms with Gasteiger partial charge in [0.05, 0.1) is 19.8 Å². The van der Waals surface area contributed by atoms with Crippen molar-refractivity contribution in [3.05, 3.63) is 29.3 Å². The number of methoxy groups -OCH3 is 1. The molecule has 5 heteroatoms. The van der Waals surface area contributed by atoms with Crippen molar-refractivity contribution in [1.29, 1.82) is 0 Å². The third kappa shape index (κ3) is 7.88. The van der Waals surface area contributed by atoms with Crippen molar-refractivity contribution >= 4 is 5.96 Å². The molecule has 5 nitrogen and oxygen atoms in total. The van der Waals surface area contributed by atoms with E-state index < -0.39 is 0 Å². The van der Waals surface area contributed by atoms with E-state index in [1.807, 2.05) is 6.92 Å². The average Bonchev–Trinajstić information content (AvgIpc) is 2.46. The minimum absolute atomic E-state index is 0.128. The number of hydrogen-bond acceptors (Lipinski definition) is 3. The van der Waals surface area contributed by atoms with Gasteiger partial charge in [-0.3, -0.25) is 0 Å². The van der Waals surface area contributed by atoms with Crippen LogP contribution < -0.4 is 15.8 Å². The first-order valence-corrected chi connectivity index (χ1v) is 8.20. The molecule has 23 heavy (non-hydrogen) atoms. The van der Waals surface area contributed by atoms with E-state index in [4.69, 9.17) is 15.2 Å². The maximum absolute atomic E-state index is 5.93. The highest BCUT2D eigenvalue weighted by Crippen LogP contribution is 2.22. The first-order valence-electron chi connectivity index (χ1n) is 8.20. The molecule has 1 rings (SSSR count). The molecule has 0 spiro atoms. The van der Waals surface area contributed by atoms with Crippen LogP contribution in [-0.2, 0) is 11.3 Å². The van der Waals surface area contributed by atoms with Crippen molar-refractivity contribution in [3.63, 3.8) is 0 Å². The summed E-state index contributed by atoms with van der Waals surface area (Å²) in [6, 6.07) is 6.30. The average molecular weight is 321 g/mol. The summed E-state index contributed by atoms with van der Waals surface area (Å²) in [4.78, 5) is 4.40. The van der Waals surface area contributed by atoms with Gasteiger partial charge in [0.15, 0.2) is 5.96 Å². The third-order valence-electron chi connectivity index (χ3n) is 3.41. The van der Waals surface area contributed by atoms with Crippen molar-refractivity contribution in [2.75, 3.05) is 20.3 Å². The fraction of sp³-hybridized carbons (Fsp3) is 0.611. The minimum Gasteiger partial charge on any atom is -0.493 e. The molecule has 0 aliphatic carbocycles. The van der Waals surface area contributed by atoms with Crippen molar-refractivity contribution < 1.29 is 9.47 Å². The molecule has 0 saturated heterocycles. The highest BCUT2D eigenvalue weighted by Gasteiger charge is 2.06. The highest BCUT2D eigenvalue weighted by atomic mass is 16.5. The summed E-state index contributed by atoms with van der Waals surface area (Å²) < 4.78 is 11.0. The molecule has 0 aliphatic rings. The molecule has 0 bridgehead atoms. The molecule has 0 fully saturated rings. The number of guanidine groups is 1. The van der Waals surface area contributed by atoms with Gasteiger partial charge in [0, 0.05) is 18.7 Å². The van der Waals surface area contributed by atoms with Gasteiger partial charge in [0.1, 0.15) is 5.75 Å². The van der Waals surface area contributed by atoms with E-state index in [2.05, 4.69) is 49.3 Å². The Morgan fingerprint density at radius 2 is 2.04 bits per heavy atom. The smallest absolute Gasteiger partial charge is 0.189 e. The summed E-state index contributed by atoms with van der Waals surface area (Å²) in [5.41, 5.74) is 8.14. The van der Waals surface area contributed by atoms with E-state index in [1.165, 1.54) is 5.56 Å². The van der Waals surface area contributed by atoms with E-state index in [9.17, 15) is 0 Å². The summed E-state index contributed by atoms with van der Waals surface area (Å²) in [7, 11) is 1.67. The van der Waals surface area contributed by atoms with Crippen LogP contribution in [0.5, 0.6) is 5.75 Å². The predicted molar refractivity (Wildman–Crippen MR) is 95.9 cm³/mol. The van der Waals surface area contributed by atoms with Crippen LogP contribution in [0.1, 0.15) is 38.3 Å². The second kappa shape index (κ2) is 10.1. The van der Waals surface area contributed by atoms with Crippen LogP contribution in [-0.4, -0.2) is 32.3 Å². The normalized spacial score (nSPS) is 13.2. The fourth-order valence-electron chi connectivity index (χ4n) is 2.09. The number of aliphatic imine (C=N–C) groups is 1. The standard InChI is InChI=1S/C18H31N3O2/c1-13(2)8-9-23-17-10-14(3)6-7-16(17)11-20-18(19)21-15(4)12-22-5/h6-7,10,13,15H,8-9,11-12H2,1-5H3,(H3,19,20,21). The number of nitrogens with one attached hydrogen (secondary N) is 1. The molecule has 0 aliphatic heterocycles. The van der Waals surface area contributed by atoms with Gasteiger partial charge < -0.3 is 20.5 Å². The number of rotatable bonds is 9. The quantitative estimate of drug-likeness (QED) is 0.542. The van der Waals surface area contributed by atoms with Gasteiger partial charge in [-0.2, -0.15) is 0 Å². The molecule has 0 radical (unpaired) electrons. The number of hydrogen-bond donors (Lipinski definition) is 2. The van der Waals surface area contributed by atoms with E-state index in [1.54, 1.807) is 7.11 Å². The molecular weight excluding hydrogens is 290 g/mol. The van der Waals surface area contributed by atoms with Gasteiger partial charge >= 0.3 is 0 Å². The lowest BCUT2D eigenvalue weighted by molar-refractivity contribution is 0.179. The van der Waals surface area contributed by atoms with E-state index in [0.29, 0.717) is 25.0 Å². The van der Waals surface area contributed by atoms with Crippen LogP contribution in [0, 0.1) is 12.8 Å². The van der Waals surface area contributed by atoms with Crippen LogP contribution in [0.25, 0.3) is 0 Å². The number of aryl methyl sites for hydroxylation is 1. The third-order valence-corrected chi connectivity index (χ3v) is 3.41. The van der Waals surface area contributed by atoms with E-state index in [0.717, 1.165) is 24.3 Å². The molecule has 1 unspecified atom stereocenters. The molecule has 3 N–H and O–H groups in total. The molecule has 0 aromatic heterocycles. The van der Waals surface area contributed by atoms with Crippen LogP contribution in [0.4, 0.5) is 0 Å². The minimum atomic E-state index is 0.128. The maximum Gasteiger partial charge on any atom is 0.189 e. The Balaban J connectivity index is 2.67. The zero-order chi connectivity index (χ0) is 17.2. The predicted octanol–water partition coefficient (Wildman–Crippen LogP) is 2.86. The maximum atomic E-state index is 5.93. The Morgan fingerprint density at radius 3 is 2.70 bits per heavy atom. The summed E-state index contributed by atoms with van der Waals surface area (Å²) in [6.07, 6.45) is 1.04. The summed E-state index contributed by atoms with van der Waals surface area (Å²) in [5, 5.41) is 3.10. The molecule has 1 atom stereocenters. The molecule has 1 aromatic rings. The topological polar surface area (TPSA) is 68.9 Å². The molecule has 130 valence electrons. The van der Waals surface area contributed by atoms with Gasteiger partial charge in [0.2, 0.25) is 0 Å². The number of nitrogens with two attached hydrogens (primary N) is 1. The number of benzene rings is 1. The zero-order valence-electron chi connectivity index (χ0n) is 15.1. The van der Waals surface area contributed by atoms with Gasteiger partial charge in [-0.1, -0.05) is 26.0 Å². The van der Waals surface area contributed by atoms with Crippen molar-refractivity contribution in [3.8, 4) is 5.75 Å². The first kappa shape index (κ1) is 19.3. The highest BCUT2D eigenvalue weighted by molar-refractivity contribution is 5.78. The molecule has 0 amide bonds.